The van der Waals surface area contributed by atoms with E-state index in [1.165, 1.54) is 11.1 Å². The Morgan fingerprint density at radius 1 is 1.29 bits per heavy atom. The quantitative estimate of drug-likeness (QED) is 0.687. The van der Waals surface area contributed by atoms with Crippen molar-refractivity contribution in [2.45, 2.75) is 45.1 Å². The minimum Gasteiger partial charge on any atom is -0.461 e. The number of ether oxygens (including phenoxy) is 1. The van der Waals surface area contributed by atoms with Gasteiger partial charge in [-0.1, -0.05) is 19.1 Å². The van der Waals surface area contributed by atoms with Gasteiger partial charge >= 0.3 is 5.97 Å². The lowest BCUT2D eigenvalue weighted by atomic mass is 9.50. The minimum atomic E-state index is -0.443. The van der Waals surface area contributed by atoms with Crippen molar-refractivity contribution < 1.29 is 14.3 Å². The van der Waals surface area contributed by atoms with Crippen molar-refractivity contribution in [1.29, 1.82) is 0 Å². The van der Waals surface area contributed by atoms with Crippen LogP contribution in [0.4, 0.5) is 0 Å². The van der Waals surface area contributed by atoms with Gasteiger partial charge in [0.05, 0.1) is 11.3 Å². The summed E-state index contributed by atoms with van der Waals surface area (Å²) >= 11 is 0. The molecular weight excluding hydrogens is 264 g/mol. The van der Waals surface area contributed by atoms with Crippen LogP contribution in [-0.2, 0) is 16.0 Å². The van der Waals surface area contributed by atoms with Crippen LogP contribution in [0.5, 0.6) is 0 Å². The van der Waals surface area contributed by atoms with E-state index in [0.29, 0.717) is 5.92 Å². The van der Waals surface area contributed by atoms with Gasteiger partial charge in [-0.05, 0) is 48.8 Å². The fraction of sp³-hybridized carbons (Fsp3) is 0.556. The Kier molecular flexibility index (Phi) is 1.93. The molecule has 3 aliphatic carbocycles. The van der Waals surface area contributed by atoms with Gasteiger partial charge in [0.1, 0.15) is 6.10 Å². The zero-order chi connectivity index (χ0) is 14.5. The van der Waals surface area contributed by atoms with E-state index >= 15 is 0 Å². The molecule has 108 valence electrons. The molecule has 21 heavy (non-hydrogen) atoms. The van der Waals surface area contributed by atoms with Crippen molar-refractivity contribution in [2.24, 2.45) is 17.3 Å². The second-order valence-corrected chi connectivity index (χ2v) is 7.32. The molecule has 0 amide bonds. The normalized spacial score (nSPS) is 42.0. The Morgan fingerprint density at radius 3 is 2.86 bits per heavy atom. The van der Waals surface area contributed by atoms with Crippen molar-refractivity contribution >= 4 is 11.8 Å². The number of rotatable bonds is 0. The van der Waals surface area contributed by atoms with Gasteiger partial charge in [-0.2, -0.15) is 0 Å². The van der Waals surface area contributed by atoms with Crippen LogP contribution in [0.3, 0.4) is 0 Å². The second kappa shape index (κ2) is 3.40. The number of Topliss-reactive ketones (excluding diaryl/α,β-unsaturated/α-hetero) is 1. The van der Waals surface area contributed by atoms with Crippen LogP contribution in [0.25, 0.3) is 0 Å². The lowest BCUT2D eigenvalue weighted by molar-refractivity contribution is -0.203. The Labute approximate surface area is 123 Å². The summed E-state index contributed by atoms with van der Waals surface area (Å²) in [5.74, 6) is 0.468. The predicted octanol–water partition coefficient (Wildman–Crippen LogP) is 2.79. The molecule has 0 N–H and O–H groups in total. The SMILES string of the molecule is Cc1ccc2c3c1C(=O)[C@H]1C3C3(CC2)C(=O)O[C@@H]1CC3C. The van der Waals surface area contributed by atoms with Gasteiger partial charge in [0.2, 0.25) is 0 Å². The molecule has 6 rings (SSSR count). The number of hydrogen-bond donors (Lipinski definition) is 0. The Hall–Kier alpha value is -1.64. The highest BCUT2D eigenvalue weighted by molar-refractivity contribution is 6.07. The summed E-state index contributed by atoms with van der Waals surface area (Å²) in [5, 5.41) is 0. The van der Waals surface area contributed by atoms with E-state index in [2.05, 4.69) is 19.1 Å². The van der Waals surface area contributed by atoms with Gasteiger partial charge in [0, 0.05) is 11.5 Å². The first-order valence-corrected chi connectivity index (χ1v) is 7.93. The summed E-state index contributed by atoms with van der Waals surface area (Å²) < 4.78 is 5.67. The van der Waals surface area contributed by atoms with Crippen LogP contribution in [0.1, 0.15) is 52.7 Å². The van der Waals surface area contributed by atoms with Crippen LogP contribution in [0, 0.1) is 24.2 Å². The maximum absolute atomic E-state index is 13.0. The highest BCUT2D eigenvalue weighted by Gasteiger charge is 2.69. The molecule has 3 nitrogen and oxygen atoms in total. The third-order valence-corrected chi connectivity index (χ3v) is 6.63. The summed E-state index contributed by atoms with van der Waals surface area (Å²) in [6.45, 7) is 4.19. The fourth-order valence-electron chi connectivity index (χ4n) is 5.69. The third-order valence-electron chi connectivity index (χ3n) is 6.63. The Morgan fingerprint density at radius 2 is 2.10 bits per heavy atom. The highest BCUT2D eigenvalue weighted by atomic mass is 16.5. The molecule has 2 aliphatic heterocycles. The molecule has 2 saturated heterocycles. The van der Waals surface area contributed by atoms with Crippen molar-refractivity contribution in [3.8, 4) is 0 Å². The van der Waals surface area contributed by atoms with Gasteiger partial charge in [-0.25, -0.2) is 0 Å². The van der Waals surface area contributed by atoms with E-state index in [4.69, 9.17) is 4.74 Å². The topological polar surface area (TPSA) is 43.4 Å². The van der Waals surface area contributed by atoms with Crippen LogP contribution in [0.2, 0.25) is 0 Å². The fourth-order valence-corrected chi connectivity index (χ4v) is 5.69. The zero-order valence-corrected chi connectivity index (χ0v) is 12.3. The van der Waals surface area contributed by atoms with Gasteiger partial charge in [-0.3, -0.25) is 9.59 Å². The van der Waals surface area contributed by atoms with E-state index in [0.717, 1.165) is 30.4 Å². The molecule has 0 radical (unpaired) electrons. The van der Waals surface area contributed by atoms with Crippen molar-refractivity contribution in [2.75, 3.05) is 0 Å². The summed E-state index contributed by atoms with van der Waals surface area (Å²) in [4.78, 5) is 25.6. The van der Waals surface area contributed by atoms with Gasteiger partial charge < -0.3 is 4.74 Å². The first-order chi connectivity index (χ1) is 10.1. The largest absolute Gasteiger partial charge is 0.461 e. The first kappa shape index (κ1) is 12.0. The molecule has 0 aromatic heterocycles. The van der Waals surface area contributed by atoms with Crippen LogP contribution < -0.4 is 0 Å². The van der Waals surface area contributed by atoms with Crippen molar-refractivity contribution in [1.82, 2.24) is 0 Å². The van der Waals surface area contributed by atoms with Crippen molar-refractivity contribution in [3.63, 3.8) is 0 Å². The lowest BCUT2D eigenvalue weighted by Crippen LogP contribution is -2.61. The predicted molar refractivity (Wildman–Crippen MR) is 76.2 cm³/mol. The minimum absolute atomic E-state index is 0.0414. The smallest absolute Gasteiger partial charge is 0.313 e. The summed E-state index contributed by atoms with van der Waals surface area (Å²) in [7, 11) is 0. The maximum Gasteiger partial charge on any atom is 0.313 e. The summed E-state index contributed by atoms with van der Waals surface area (Å²) in [5.41, 5.74) is 4.01. The Bertz CT molecular complexity index is 719. The highest BCUT2D eigenvalue weighted by Crippen LogP contribution is 2.66. The van der Waals surface area contributed by atoms with Gasteiger partial charge in [0.25, 0.3) is 0 Å². The lowest BCUT2D eigenvalue weighted by Gasteiger charge is -2.57. The van der Waals surface area contributed by atoms with E-state index in [9.17, 15) is 9.59 Å². The number of benzene rings is 1. The second-order valence-electron chi connectivity index (χ2n) is 7.32. The summed E-state index contributed by atoms with van der Waals surface area (Å²) in [6, 6.07) is 4.23. The number of fused-ring (bicyclic) bond motifs is 2. The monoisotopic (exact) mass is 282 g/mol. The van der Waals surface area contributed by atoms with Gasteiger partial charge in [0.15, 0.2) is 5.78 Å². The van der Waals surface area contributed by atoms with Crippen LogP contribution >= 0.6 is 0 Å². The molecule has 3 heteroatoms. The zero-order valence-electron chi connectivity index (χ0n) is 12.3. The number of carbonyl (C=O) groups excluding carboxylic acids is 2. The van der Waals surface area contributed by atoms with Crippen molar-refractivity contribution in [3.05, 3.63) is 34.4 Å². The standard InChI is InChI=1S/C18H18O3/c1-8-3-4-10-5-6-18-9(2)7-11(21-17(18)20)14-15(18)13(10)12(8)16(14)19/h3-4,9,11,14-15H,5-7H2,1-2H3/t9?,11-,14-,15?,18?/m1/s1. The number of carbonyl (C=O) groups is 2. The van der Waals surface area contributed by atoms with E-state index in [-0.39, 0.29) is 29.7 Å². The van der Waals surface area contributed by atoms with Crippen LogP contribution in [-0.4, -0.2) is 17.9 Å². The maximum atomic E-state index is 13.0. The number of aryl methyl sites for hydroxylation is 2. The molecule has 1 saturated carbocycles. The molecule has 3 fully saturated rings. The molecular formula is C18H18O3. The Balaban J connectivity index is 1.87. The van der Waals surface area contributed by atoms with E-state index in [1.54, 1.807) is 0 Å². The molecule has 3 unspecified atom stereocenters. The molecule has 5 aliphatic rings. The number of esters is 1. The molecule has 1 aromatic carbocycles. The summed E-state index contributed by atoms with van der Waals surface area (Å²) in [6.07, 6.45) is 2.37. The van der Waals surface area contributed by atoms with Crippen LogP contribution in [0.15, 0.2) is 12.1 Å². The average Bonchev–Trinajstić information content (AvgIpc) is 2.77. The van der Waals surface area contributed by atoms with E-state index < -0.39 is 5.41 Å². The molecule has 5 atom stereocenters. The van der Waals surface area contributed by atoms with E-state index in [1.807, 2.05) is 6.92 Å². The molecule has 2 bridgehead atoms. The first-order valence-electron chi connectivity index (χ1n) is 7.93. The molecule has 2 heterocycles. The number of hydrogen-bond acceptors (Lipinski definition) is 3. The average molecular weight is 282 g/mol. The molecule has 1 spiro atoms. The van der Waals surface area contributed by atoms with Gasteiger partial charge in [-0.15, -0.1) is 0 Å². The third kappa shape index (κ3) is 1.08. The molecule has 1 aromatic rings. The number of ketones is 1.